The standard InChI is InChI=1S/C17H23FN2O.ClH/c1-17(2,14-5-3-4-6-15(14)18)16(21)20-12-7-8-13(20)11-19-10-9-12;/h3-6,12-13,19H,7-11H2,1-2H3;1H. The lowest BCUT2D eigenvalue weighted by atomic mass is 9.82. The summed E-state index contributed by atoms with van der Waals surface area (Å²) >= 11 is 0. The number of carbonyl (C=O) groups is 1. The molecule has 1 amide bonds. The fraction of sp³-hybridized carbons (Fsp3) is 0.588. The number of benzene rings is 1. The highest BCUT2D eigenvalue weighted by Gasteiger charge is 2.44. The Morgan fingerprint density at radius 1 is 1.23 bits per heavy atom. The molecule has 0 radical (unpaired) electrons. The van der Waals surface area contributed by atoms with Crippen LogP contribution in [0.15, 0.2) is 24.3 Å². The van der Waals surface area contributed by atoms with Crippen molar-refractivity contribution >= 4 is 18.3 Å². The summed E-state index contributed by atoms with van der Waals surface area (Å²) in [6, 6.07) is 7.19. The monoisotopic (exact) mass is 326 g/mol. The molecule has 2 fully saturated rings. The van der Waals surface area contributed by atoms with E-state index in [9.17, 15) is 9.18 Å². The lowest BCUT2D eigenvalue weighted by Crippen LogP contribution is -2.50. The SMILES string of the molecule is CC(C)(C(=O)N1C2CCNCC1CC2)c1ccccc1F.Cl. The molecule has 1 N–H and O–H groups in total. The molecule has 3 nitrogen and oxygen atoms in total. The number of nitrogens with one attached hydrogen (secondary N) is 1. The van der Waals surface area contributed by atoms with Gasteiger partial charge in [-0.3, -0.25) is 4.79 Å². The summed E-state index contributed by atoms with van der Waals surface area (Å²) in [4.78, 5) is 15.2. The minimum Gasteiger partial charge on any atom is -0.335 e. The van der Waals surface area contributed by atoms with E-state index in [-0.39, 0.29) is 30.2 Å². The minimum atomic E-state index is -0.823. The molecule has 0 aliphatic carbocycles. The van der Waals surface area contributed by atoms with E-state index in [1.807, 2.05) is 18.7 Å². The lowest BCUT2D eigenvalue weighted by molar-refractivity contribution is -0.139. The molecule has 2 aliphatic rings. The Morgan fingerprint density at radius 3 is 2.64 bits per heavy atom. The Labute approximate surface area is 137 Å². The Morgan fingerprint density at radius 2 is 1.91 bits per heavy atom. The number of amides is 1. The van der Waals surface area contributed by atoms with Crippen LogP contribution in [0, 0.1) is 5.82 Å². The van der Waals surface area contributed by atoms with E-state index in [4.69, 9.17) is 0 Å². The van der Waals surface area contributed by atoms with Gasteiger partial charge in [-0.05, 0) is 45.7 Å². The Balaban J connectivity index is 0.00000176. The van der Waals surface area contributed by atoms with Gasteiger partial charge in [0.05, 0.1) is 5.41 Å². The van der Waals surface area contributed by atoms with Gasteiger partial charge in [0, 0.05) is 24.2 Å². The molecule has 5 heteroatoms. The molecule has 2 unspecified atom stereocenters. The normalized spacial score (nSPS) is 24.6. The molecule has 2 atom stereocenters. The minimum absolute atomic E-state index is 0. The van der Waals surface area contributed by atoms with Crippen LogP contribution < -0.4 is 5.32 Å². The highest BCUT2D eigenvalue weighted by Crippen LogP contribution is 2.35. The largest absolute Gasteiger partial charge is 0.335 e. The van der Waals surface area contributed by atoms with E-state index in [2.05, 4.69) is 5.32 Å². The van der Waals surface area contributed by atoms with Gasteiger partial charge < -0.3 is 10.2 Å². The first-order chi connectivity index (χ1) is 10.0. The van der Waals surface area contributed by atoms with E-state index in [0.29, 0.717) is 11.6 Å². The zero-order valence-electron chi connectivity index (χ0n) is 13.1. The van der Waals surface area contributed by atoms with Crippen LogP contribution in [0.25, 0.3) is 0 Å². The molecular formula is C17H24ClFN2O. The lowest BCUT2D eigenvalue weighted by Gasteiger charge is -2.36. The highest BCUT2D eigenvalue weighted by molar-refractivity contribution is 5.88. The highest BCUT2D eigenvalue weighted by atomic mass is 35.5. The number of nitrogens with zero attached hydrogens (tertiary/aromatic N) is 1. The van der Waals surface area contributed by atoms with Gasteiger partial charge in [-0.25, -0.2) is 4.39 Å². The van der Waals surface area contributed by atoms with Gasteiger partial charge in [-0.1, -0.05) is 18.2 Å². The zero-order chi connectivity index (χ0) is 15.0. The topological polar surface area (TPSA) is 32.3 Å². The smallest absolute Gasteiger partial charge is 0.233 e. The first-order valence-corrected chi connectivity index (χ1v) is 7.80. The van der Waals surface area contributed by atoms with Crippen molar-refractivity contribution in [1.29, 1.82) is 0 Å². The van der Waals surface area contributed by atoms with Crippen molar-refractivity contribution < 1.29 is 9.18 Å². The number of hydrogen-bond acceptors (Lipinski definition) is 2. The third-order valence-corrected chi connectivity index (χ3v) is 4.97. The van der Waals surface area contributed by atoms with Gasteiger partial charge in [0.2, 0.25) is 5.91 Å². The van der Waals surface area contributed by atoms with Crippen LogP contribution in [0.5, 0.6) is 0 Å². The molecule has 2 saturated heterocycles. The fourth-order valence-electron chi connectivity index (χ4n) is 3.72. The average Bonchev–Trinajstić information content (AvgIpc) is 2.71. The third-order valence-electron chi connectivity index (χ3n) is 4.97. The second kappa shape index (κ2) is 6.55. The molecule has 22 heavy (non-hydrogen) atoms. The van der Waals surface area contributed by atoms with Gasteiger partial charge in [-0.15, -0.1) is 12.4 Å². The second-order valence-electron chi connectivity index (χ2n) is 6.70. The quantitative estimate of drug-likeness (QED) is 0.906. The van der Waals surface area contributed by atoms with Crippen LogP contribution in [-0.2, 0) is 10.2 Å². The average molecular weight is 327 g/mol. The Hall–Kier alpha value is -1.13. The summed E-state index contributed by atoms with van der Waals surface area (Å²) < 4.78 is 14.1. The number of hydrogen-bond donors (Lipinski definition) is 1. The predicted molar refractivity (Wildman–Crippen MR) is 87.8 cm³/mol. The first kappa shape index (κ1) is 17.2. The Kier molecular flexibility index (Phi) is 5.13. The summed E-state index contributed by atoms with van der Waals surface area (Å²) in [7, 11) is 0. The summed E-state index contributed by atoms with van der Waals surface area (Å²) in [5.74, 6) is -0.236. The molecule has 2 aliphatic heterocycles. The predicted octanol–water partition coefficient (Wildman–Crippen LogP) is 2.88. The summed E-state index contributed by atoms with van der Waals surface area (Å²) in [6.07, 6.45) is 3.12. The molecule has 3 rings (SSSR count). The summed E-state index contributed by atoms with van der Waals surface area (Å²) in [6.45, 7) is 5.50. The van der Waals surface area contributed by atoms with E-state index in [1.54, 1.807) is 18.2 Å². The maximum atomic E-state index is 14.1. The van der Waals surface area contributed by atoms with Gasteiger partial charge in [0.1, 0.15) is 5.82 Å². The van der Waals surface area contributed by atoms with Crippen molar-refractivity contribution in [2.75, 3.05) is 13.1 Å². The second-order valence-corrected chi connectivity index (χ2v) is 6.70. The number of carbonyl (C=O) groups excluding carboxylic acids is 1. The van der Waals surface area contributed by atoms with Crippen LogP contribution in [0.3, 0.4) is 0 Å². The molecular weight excluding hydrogens is 303 g/mol. The van der Waals surface area contributed by atoms with Crippen LogP contribution in [0.2, 0.25) is 0 Å². The van der Waals surface area contributed by atoms with Crippen LogP contribution in [0.1, 0.15) is 38.7 Å². The van der Waals surface area contributed by atoms with Crippen molar-refractivity contribution in [3.05, 3.63) is 35.6 Å². The van der Waals surface area contributed by atoms with Crippen molar-refractivity contribution in [2.45, 2.75) is 50.6 Å². The number of halogens is 2. The van der Waals surface area contributed by atoms with Crippen molar-refractivity contribution in [3.8, 4) is 0 Å². The van der Waals surface area contributed by atoms with Gasteiger partial charge in [-0.2, -0.15) is 0 Å². The first-order valence-electron chi connectivity index (χ1n) is 7.80. The fourth-order valence-corrected chi connectivity index (χ4v) is 3.72. The maximum Gasteiger partial charge on any atom is 0.233 e. The van der Waals surface area contributed by atoms with Gasteiger partial charge in [0.15, 0.2) is 0 Å². The Bertz CT molecular complexity index is 535. The van der Waals surface area contributed by atoms with Crippen LogP contribution in [0.4, 0.5) is 4.39 Å². The van der Waals surface area contributed by atoms with E-state index >= 15 is 0 Å². The van der Waals surface area contributed by atoms with Crippen molar-refractivity contribution in [1.82, 2.24) is 10.2 Å². The van der Waals surface area contributed by atoms with Gasteiger partial charge >= 0.3 is 0 Å². The maximum absolute atomic E-state index is 14.1. The molecule has 2 heterocycles. The van der Waals surface area contributed by atoms with E-state index in [0.717, 1.165) is 32.4 Å². The van der Waals surface area contributed by atoms with Crippen molar-refractivity contribution in [2.24, 2.45) is 0 Å². The molecule has 0 aromatic heterocycles. The van der Waals surface area contributed by atoms with Gasteiger partial charge in [0.25, 0.3) is 0 Å². The molecule has 122 valence electrons. The van der Waals surface area contributed by atoms with E-state index < -0.39 is 5.41 Å². The van der Waals surface area contributed by atoms with Crippen molar-refractivity contribution in [3.63, 3.8) is 0 Å². The zero-order valence-corrected chi connectivity index (χ0v) is 14.0. The molecule has 1 aromatic carbocycles. The summed E-state index contributed by atoms with van der Waals surface area (Å²) in [5, 5.41) is 3.40. The summed E-state index contributed by atoms with van der Waals surface area (Å²) in [5.41, 5.74) is -0.331. The third kappa shape index (κ3) is 2.86. The number of fused-ring (bicyclic) bond motifs is 2. The molecule has 0 spiro atoms. The van der Waals surface area contributed by atoms with Crippen LogP contribution in [-0.4, -0.2) is 36.0 Å². The molecule has 1 aromatic rings. The van der Waals surface area contributed by atoms with E-state index in [1.165, 1.54) is 6.07 Å². The molecule has 2 bridgehead atoms. The number of rotatable bonds is 2. The molecule has 0 saturated carbocycles. The van der Waals surface area contributed by atoms with Crippen LogP contribution >= 0.6 is 12.4 Å².